The van der Waals surface area contributed by atoms with Crippen LogP contribution >= 0.6 is 0 Å². The SMILES string of the molecule is C=C1COC(c2nc(-c3ccc(F)cc3)c(-c3ccnc(NCc4ccc(F)cc4)n3)[nH]2)OC1. The minimum Gasteiger partial charge on any atom is -0.350 e. The van der Waals surface area contributed by atoms with E-state index in [1.807, 2.05) is 0 Å². The molecule has 0 radical (unpaired) electrons. The summed E-state index contributed by atoms with van der Waals surface area (Å²) >= 11 is 0. The summed E-state index contributed by atoms with van der Waals surface area (Å²) in [6.07, 6.45) is 0.943. The van der Waals surface area contributed by atoms with Gasteiger partial charge in [-0.1, -0.05) is 18.7 Å². The lowest BCUT2D eigenvalue weighted by molar-refractivity contribution is -0.165. The summed E-state index contributed by atoms with van der Waals surface area (Å²) in [6.45, 7) is 5.04. The van der Waals surface area contributed by atoms with E-state index in [1.54, 1.807) is 36.5 Å². The molecule has 34 heavy (non-hydrogen) atoms. The van der Waals surface area contributed by atoms with Gasteiger partial charge in [0.2, 0.25) is 12.2 Å². The molecule has 1 saturated heterocycles. The van der Waals surface area contributed by atoms with Crippen molar-refractivity contribution in [2.45, 2.75) is 12.8 Å². The van der Waals surface area contributed by atoms with Crippen LogP contribution in [0.15, 0.2) is 72.9 Å². The van der Waals surface area contributed by atoms with E-state index in [9.17, 15) is 8.78 Å². The molecule has 0 bridgehead atoms. The number of nitrogens with one attached hydrogen (secondary N) is 2. The molecule has 2 aromatic carbocycles. The van der Waals surface area contributed by atoms with Crippen LogP contribution in [0.4, 0.5) is 14.7 Å². The third-order valence-corrected chi connectivity index (χ3v) is 5.22. The number of halogens is 2. The molecule has 1 aliphatic heterocycles. The normalized spacial score (nSPS) is 14.4. The van der Waals surface area contributed by atoms with Crippen molar-refractivity contribution in [3.05, 3.63) is 96.0 Å². The van der Waals surface area contributed by atoms with E-state index in [1.165, 1.54) is 24.3 Å². The highest BCUT2D eigenvalue weighted by atomic mass is 19.1. The molecular formula is C25H21F2N5O2. The van der Waals surface area contributed by atoms with Crippen LogP contribution in [-0.2, 0) is 16.0 Å². The van der Waals surface area contributed by atoms with Gasteiger partial charge in [0.1, 0.15) is 11.6 Å². The largest absolute Gasteiger partial charge is 0.350 e. The summed E-state index contributed by atoms with van der Waals surface area (Å²) < 4.78 is 38.1. The zero-order valence-electron chi connectivity index (χ0n) is 18.1. The van der Waals surface area contributed by atoms with E-state index in [0.29, 0.717) is 54.2 Å². The molecule has 0 saturated carbocycles. The van der Waals surface area contributed by atoms with Crippen LogP contribution < -0.4 is 5.32 Å². The number of anilines is 1. The van der Waals surface area contributed by atoms with Gasteiger partial charge in [-0.05, 0) is 53.6 Å². The highest BCUT2D eigenvalue weighted by Gasteiger charge is 2.25. The van der Waals surface area contributed by atoms with E-state index in [2.05, 4.69) is 26.8 Å². The average Bonchev–Trinajstić information content (AvgIpc) is 3.30. The Hall–Kier alpha value is -3.95. The van der Waals surface area contributed by atoms with Crippen LogP contribution in [0, 0.1) is 11.6 Å². The summed E-state index contributed by atoms with van der Waals surface area (Å²) in [6, 6.07) is 14.0. The van der Waals surface area contributed by atoms with Crippen LogP contribution in [0.5, 0.6) is 0 Å². The van der Waals surface area contributed by atoms with Gasteiger partial charge in [0.25, 0.3) is 0 Å². The number of hydrogen-bond acceptors (Lipinski definition) is 6. The Kier molecular flexibility index (Phi) is 6.11. The molecule has 5 rings (SSSR count). The highest BCUT2D eigenvalue weighted by molar-refractivity contribution is 5.77. The summed E-state index contributed by atoms with van der Waals surface area (Å²) in [5.74, 6) is 0.235. The number of imidazole rings is 1. The van der Waals surface area contributed by atoms with Crippen molar-refractivity contribution in [3.8, 4) is 22.6 Å². The van der Waals surface area contributed by atoms with E-state index < -0.39 is 6.29 Å². The van der Waals surface area contributed by atoms with Crippen LogP contribution in [0.25, 0.3) is 22.6 Å². The van der Waals surface area contributed by atoms with Crippen molar-refractivity contribution in [2.24, 2.45) is 0 Å². The van der Waals surface area contributed by atoms with Crippen LogP contribution in [0.3, 0.4) is 0 Å². The van der Waals surface area contributed by atoms with Gasteiger partial charge in [0.05, 0.1) is 30.3 Å². The summed E-state index contributed by atoms with van der Waals surface area (Å²) in [5, 5.41) is 3.14. The zero-order chi connectivity index (χ0) is 23.5. The number of ether oxygens (including phenoxy) is 2. The standard InChI is InChI=1S/C25H21F2N5O2/c1-15-13-33-24(34-14-15)23-31-21(17-4-8-19(27)9-5-17)22(32-23)20-10-11-28-25(30-20)29-12-16-2-6-18(26)7-3-16/h2-11,24H,1,12-14H2,(H,31,32)(H,28,29,30). The molecule has 0 aliphatic carbocycles. The maximum Gasteiger partial charge on any atom is 0.223 e. The fourth-order valence-electron chi connectivity index (χ4n) is 3.51. The molecule has 9 heteroatoms. The summed E-state index contributed by atoms with van der Waals surface area (Å²) in [7, 11) is 0. The van der Waals surface area contributed by atoms with Crippen molar-refractivity contribution in [1.29, 1.82) is 0 Å². The van der Waals surface area contributed by atoms with Crippen molar-refractivity contribution >= 4 is 5.95 Å². The van der Waals surface area contributed by atoms with Gasteiger partial charge in [-0.3, -0.25) is 0 Å². The molecule has 172 valence electrons. The van der Waals surface area contributed by atoms with Gasteiger partial charge >= 0.3 is 0 Å². The van der Waals surface area contributed by atoms with Crippen molar-refractivity contribution in [3.63, 3.8) is 0 Å². The van der Waals surface area contributed by atoms with E-state index >= 15 is 0 Å². The fraction of sp³-hybridized carbons (Fsp3) is 0.160. The second-order valence-corrected chi connectivity index (χ2v) is 7.80. The molecule has 2 N–H and O–H groups in total. The zero-order valence-corrected chi connectivity index (χ0v) is 18.1. The maximum atomic E-state index is 13.5. The molecule has 7 nitrogen and oxygen atoms in total. The number of aromatic nitrogens is 4. The van der Waals surface area contributed by atoms with Gasteiger partial charge < -0.3 is 19.8 Å². The second kappa shape index (κ2) is 9.50. The number of benzene rings is 2. The molecular weight excluding hydrogens is 440 g/mol. The smallest absolute Gasteiger partial charge is 0.223 e. The van der Waals surface area contributed by atoms with Crippen LogP contribution in [0.2, 0.25) is 0 Å². The van der Waals surface area contributed by atoms with Crippen molar-refractivity contribution in [1.82, 2.24) is 19.9 Å². The predicted molar refractivity (Wildman–Crippen MR) is 123 cm³/mol. The Bertz CT molecular complexity index is 1300. The summed E-state index contributed by atoms with van der Waals surface area (Å²) in [4.78, 5) is 16.8. The number of aromatic amines is 1. The highest BCUT2D eigenvalue weighted by Crippen LogP contribution is 2.33. The number of H-pyrrole nitrogens is 1. The Morgan fingerprint density at radius 3 is 2.32 bits per heavy atom. The molecule has 0 unspecified atom stereocenters. The Labute approximate surface area is 194 Å². The van der Waals surface area contributed by atoms with Crippen LogP contribution in [0.1, 0.15) is 17.7 Å². The lowest BCUT2D eigenvalue weighted by Crippen LogP contribution is -2.20. The maximum absolute atomic E-state index is 13.5. The third kappa shape index (κ3) is 4.85. The molecule has 3 heterocycles. The molecule has 0 amide bonds. The minimum atomic E-state index is -0.684. The first-order valence-corrected chi connectivity index (χ1v) is 10.6. The first kappa shape index (κ1) is 21.9. The number of rotatable bonds is 6. The molecule has 1 aliphatic rings. The molecule has 1 fully saturated rings. The molecule has 0 spiro atoms. The van der Waals surface area contributed by atoms with Gasteiger partial charge in [-0.15, -0.1) is 0 Å². The van der Waals surface area contributed by atoms with E-state index in [-0.39, 0.29) is 11.6 Å². The lowest BCUT2D eigenvalue weighted by Gasteiger charge is -2.22. The van der Waals surface area contributed by atoms with Gasteiger partial charge in [0.15, 0.2) is 5.82 Å². The van der Waals surface area contributed by atoms with Crippen LogP contribution in [-0.4, -0.2) is 33.1 Å². The third-order valence-electron chi connectivity index (χ3n) is 5.22. The van der Waals surface area contributed by atoms with E-state index in [4.69, 9.17) is 14.5 Å². The molecule has 4 aromatic rings. The minimum absolute atomic E-state index is 0.291. The lowest BCUT2D eigenvalue weighted by atomic mass is 10.1. The predicted octanol–water partition coefficient (Wildman–Crippen LogP) is 5.03. The Balaban J connectivity index is 1.46. The van der Waals surface area contributed by atoms with Gasteiger partial charge in [-0.25, -0.2) is 23.7 Å². The quantitative estimate of drug-likeness (QED) is 0.392. The second-order valence-electron chi connectivity index (χ2n) is 7.80. The topological polar surface area (TPSA) is 85.0 Å². The first-order chi connectivity index (χ1) is 16.5. The molecule has 2 aromatic heterocycles. The van der Waals surface area contributed by atoms with E-state index in [0.717, 1.165) is 11.1 Å². The number of hydrogen-bond donors (Lipinski definition) is 2. The average molecular weight is 461 g/mol. The summed E-state index contributed by atoms with van der Waals surface area (Å²) in [5.41, 5.74) is 4.21. The fourth-order valence-corrected chi connectivity index (χ4v) is 3.51. The monoisotopic (exact) mass is 461 g/mol. The Morgan fingerprint density at radius 1 is 0.941 bits per heavy atom. The van der Waals surface area contributed by atoms with Crippen molar-refractivity contribution < 1.29 is 18.3 Å². The first-order valence-electron chi connectivity index (χ1n) is 10.6. The van der Waals surface area contributed by atoms with Gasteiger partial charge in [-0.2, -0.15) is 0 Å². The van der Waals surface area contributed by atoms with Crippen molar-refractivity contribution in [2.75, 3.05) is 18.5 Å². The van der Waals surface area contributed by atoms with Gasteiger partial charge in [0, 0.05) is 18.3 Å². The Morgan fingerprint density at radius 2 is 1.62 bits per heavy atom. The molecule has 0 atom stereocenters. The number of nitrogens with zero attached hydrogens (tertiary/aromatic N) is 3.